The first kappa shape index (κ1) is 24.8. The molecular formula is C24H25FN6O2S. The highest BCUT2D eigenvalue weighted by molar-refractivity contribution is 7.09. The minimum absolute atomic E-state index is 0.0942. The fourth-order valence-corrected chi connectivity index (χ4v) is 3.94. The average Bonchev–Trinajstić information content (AvgIpc) is 3.30. The van der Waals surface area contributed by atoms with Crippen LogP contribution in [0.1, 0.15) is 41.3 Å². The molecule has 0 aliphatic heterocycles. The first-order chi connectivity index (χ1) is 16.4. The number of aromatic nitrogens is 2. The van der Waals surface area contributed by atoms with Crippen molar-refractivity contribution in [3.63, 3.8) is 0 Å². The molecule has 0 atom stereocenters. The summed E-state index contributed by atoms with van der Waals surface area (Å²) in [7, 11) is 0. The van der Waals surface area contributed by atoms with Crippen LogP contribution in [-0.2, 0) is 13.1 Å². The monoisotopic (exact) mass is 480 g/mol. The van der Waals surface area contributed by atoms with Gasteiger partial charge in [0, 0.05) is 36.9 Å². The van der Waals surface area contributed by atoms with Crippen LogP contribution in [0.25, 0.3) is 0 Å². The summed E-state index contributed by atoms with van der Waals surface area (Å²) in [4.78, 5) is 37.5. The molecule has 2 aromatic heterocycles. The molecule has 34 heavy (non-hydrogen) atoms. The van der Waals surface area contributed by atoms with Gasteiger partial charge in [-0.2, -0.15) is 5.26 Å². The van der Waals surface area contributed by atoms with Crippen molar-refractivity contribution < 1.29 is 14.0 Å². The lowest BCUT2D eigenvalue weighted by atomic mass is 10.2. The summed E-state index contributed by atoms with van der Waals surface area (Å²) < 4.78 is 13.9. The largest absolute Gasteiger partial charge is 0.332 e. The number of hydrogen-bond acceptors (Lipinski definition) is 6. The molecule has 0 fully saturated rings. The maximum Gasteiger partial charge on any atom is 0.322 e. The Hall–Kier alpha value is -3.84. The van der Waals surface area contributed by atoms with Gasteiger partial charge in [-0.25, -0.2) is 14.2 Å². The number of anilines is 1. The fourth-order valence-electron chi connectivity index (χ4n) is 3.18. The molecular weight excluding hydrogens is 455 g/mol. The lowest BCUT2D eigenvalue weighted by Crippen LogP contribution is -2.39. The van der Waals surface area contributed by atoms with E-state index >= 15 is 0 Å². The summed E-state index contributed by atoms with van der Waals surface area (Å²) in [5.41, 5.74) is 1.19. The molecule has 0 saturated heterocycles. The molecule has 0 bridgehead atoms. The maximum absolute atomic E-state index is 13.9. The van der Waals surface area contributed by atoms with E-state index in [9.17, 15) is 14.0 Å². The van der Waals surface area contributed by atoms with Gasteiger partial charge in [0.2, 0.25) is 0 Å². The molecule has 10 heteroatoms. The van der Waals surface area contributed by atoms with Crippen LogP contribution in [0.15, 0.2) is 54.2 Å². The number of para-hydroxylation sites is 1. The van der Waals surface area contributed by atoms with Crippen LogP contribution in [0.4, 0.5) is 14.9 Å². The molecule has 8 nitrogen and oxygen atoms in total. The summed E-state index contributed by atoms with van der Waals surface area (Å²) in [6, 6.07) is 11.0. The van der Waals surface area contributed by atoms with Crippen LogP contribution >= 0.6 is 11.3 Å². The van der Waals surface area contributed by atoms with Crippen LogP contribution in [0.5, 0.6) is 0 Å². The van der Waals surface area contributed by atoms with E-state index in [1.807, 2.05) is 19.9 Å². The first-order valence-corrected chi connectivity index (χ1v) is 11.6. The number of nitrogens with zero attached hydrogens (tertiary/aromatic N) is 5. The highest BCUT2D eigenvalue weighted by atomic mass is 32.1. The number of pyridine rings is 1. The smallest absolute Gasteiger partial charge is 0.322 e. The predicted octanol–water partition coefficient (Wildman–Crippen LogP) is 4.68. The second-order valence-corrected chi connectivity index (χ2v) is 8.70. The molecule has 0 radical (unpaired) electrons. The Kier molecular flexibility index (Phi) is 8.65. The van der Waals surface area contributed by atoms with Gasteiger partial charge in [0.1, 0.15) is 16.5 Å². The van der Waals surface area contributed by atoms with Gasteiger partial charge < -0.3 is 15.1 Å². The van der Waals surface area contributed by atoms with Crippen LogP contribution in [0.2, 0.25) is 0 Å². The Balaban J connectivity index is 1.72. The van der Waals surface area contributed by atoms with E-state index in [4.69, 9.17) is 5.26 Å². The van der Waals surface area contributed by atoms with Crippen LogP contribution in [0, 0.1) is 17.1 Å². The zero-order valence-corrected chi connectivity index (χ0v) is 19.8. The summed E-state index contributed by atoms with van der Waals surface area (Å²) in [5, 5.41) is 13.8. The van der Waals surface area contributed by atoms with Crippen molar-refractivity contribution in [1.82, 2.24) is 19.8 Å². The summed E-state index contributed by atoms with van der Waals surface area (Å²) in [6.07, 6.45) is 3.52. The number of benzene rings is 1. The van der Waals surface area contributed by atoms with Crippen molar-refractivity contribution in [3.05, 3.63) is 76.3 Å². The Labute approximate surface area is 201 Å². The lowest BCUT2D eigenvalue weighted by Gasteiger charge is -2.26. The number of carbonyl (C=O) groups is 2. The van der Waals surface area contributed by atoms with E-state index in [1.54, 1.807) is 40.9 Å². The van der Waals surface area contributed by atoms with Crippen molar-refractivity contribution in [2.75, 3.05) is 11.9 Å². The Bertz CT molecular complexity index is 1160. The van der Waals surface area contributed by atoms with E-state index in [0.29, 0.717) is 11.6 Å². The number of hydrogen-bond donors (Lipinski definition) is 1. The number of halogens is 1. The molecule has 1 aromatic carbocycles. The Morgan fingerprint density at radius 2 is 2.00 bits per heavy atom. The van der Waals surface area contributed by atoms with Crippen LogP contribution in [-0.4, -0.2) is 44.3 Å². The number of nitrogens with one attached hydrogen (secondary N) is 1. The van der Waals surface area contributed by atoms with Crippen molar-refractivity contribution in [2.45, 2.75) is 39.4 Å². The van der Waals surface area contributed by atoms with Gasteiger partial charge in [0.15, 0.2) is 0 Å². The van der Waals surface area contributed by atoms with Crippen molar-refractivity contribution in [3.8, 4) is 6.07 Å². The van der Waals surface area contributed by atoms with Crippen LogP contribution in [0.3, 0.4) is 0 Å². The topological polar surface area (TPSA) is 102 Å². The molecule has 0 aliphatic rings. The summed E-state index contributed by atoms with van der Waals surface area (Å²) in [6.45, 7) is 4.43. The van der Waals surface area contributed by atoms with Gasteiger partial charge in [-0.1, -0.05) is 18.2 Å². The number of amides is 3. The standard InChI is InChI=1S/C24H25FN6O2S/c1-17(2)31(24(33)29-20-9-4-3-8-19(20)25)15-22-28-21(16-34-22)23(32)30(12-6-10-26)14-18-7-5-11-27-13-18/h3-5,7-9,11,13,16-17H,6,12,14-15H2,1-2H3,(H,29,33). The van der Waals surface area contributed by atoms with E-state index in [-0.39, 0.29) is 42.8 Å². The van der Waals surface area contributed by atoms with E-state index in [1.165, 1.54) is 28.4 Å². The van der Waals surface area contributed by atoms with Crippen molar-refractivity contribution in [2.24, 2.45) is 0 Å². The summed E-state index contributed by atoms with van der Waals surface area (Å²) >= 11 is 1.27. The molecule has 3 amide bonds. The fraction of sp³-hybridized carbons (Fsp3) is 0.292. The molecule has 0 spiro atoms. The highest BCUT2D eigenvalue weighted by Crippen LogP contribution is 2.19. The average molecular weight is 481 g/mol. The molecule has 0 aliphatic carbocycles. The number of rotatable bonds is 9. The van der Waals surface area contributed by atoms with Gasteiger partial charge in [-0.15, -0.1) is 11.3 Å². The zero-order valence-electron chi connectivity index (χ0n) is 18.9. The molecule has 2 heterocycles. The quantitative estimate of drug-likeness (QED) is 0.479. The van der Waals surface area contributed by atoms with Gasteiger partial charge in [0.05, 0.1) is 24.7 Å². The van der Waals surface area contributed by atoms with Gasteiger partial charge in [0.25, 0.3) is 5.91 Å². The minimum Gasteiger partial charge on any atom is -0.332 e. The van der Waals surface area contributed by atoms with E-state index in [2.05, 4.69) is 21.4 Å². The SMILES string of the molecule is CC(C)N(Cc1nc(C(=O)N(CCC#N)Cc2cccnc2)cs1)C(=O)Nc1ccccc1F. The zero-order chi connectivity index (χ0) is 24.5. The molecule has 3 aromatic rings. The molecule has 176 valence electrons. The third-order valence-electron chi connectivity index (χ3n) is 4.95. The predicted molar refractivity (Wildman–Crippen MR) is 127 cm³/mol. The normalized spacial score (nSPS) is 10.6. The Morgan fingerprint density at radius 1 is 1.21 bits per heavy atom. The molecule has 3 rings (SSSR count). The maximum atomic E-state index is 13.9. The van der Waals surface area contributed by atoms with E-state index < -0.39 is 11.8 Å². The minimum atomic E-state index is -0.521. The molecule has 1 N–H and O–H groups in total. The van der Waals surface area contributed by atoms with Crippen molar-refractivity contribution in [1.29, 1.82) is 5.26 Å². The third kappa shape index (κ3) is 6.59. The number of nitriles is 1. The van der Waals surface area contributed by atoms with Crippen LogP contribution < -0.4 is 5.32 Å². The van der Waals surface area contributed by atoms with Gasteiger partial charge >= 0.3 is 6.03 Å². The van der Waals surface area contributed by atoms with Gasteiger partial charge in [-0.05, 0) is 37.6 Å². The molecule has 0 unspecified atom stereocenters. The number of thiazole rings is 1. The number of urea groups is 1. The number of carbonyl (C=O) groups excluding carboxylic acids is 2. The highest BCUT2D eigenvalue weighted by Gasteiger charge is 2.23. The van der Waals surface area contributed by atoms with Crippen molar-refractivity contribution >= 4 is 29.0 Å². The Morgan fingerprint density at radius 3 is 2.68 bits per heavy atom. The van der Waals surface area contributed by atoms with Gasteiger partial charge in [-0.3, -0.25) is 9.78 Å². The third-order valence-corrected chi connectivity index (χ3v) is 5.79. The summed E-state index contributed by atoms with van der Waals surface area (Å²) in [5.74, 6) is -0.818. The second-order valence-electron chi connectivity index (χ2n) is 7.75. The second kappa shape index (κ2) is 11.9. The van der Waals surface area contributed by atoms with E-state index in [0.717, 1.165) is 5.56 Å². The first-order valence-electron chi connectivity index (χ1n) is 10.7. The molecule has 0 saturated carbocycles. The lowest BCUT2D eigenvalue weighted by molar-refractivity contribution is 0.0741.